The van der Waals surface area contributed by atoms with Crippen molar-refractivity contribution in [2.75, 3.05) is 38.0 Å². The van der Waals surface area contributed by atoms with E-state index in [2.05, 4.69) is 5.32 Å². The molecule has 0 aliphatic carbocycles. The smallest absolute Gasteiger partial charge is 0.264 e. The molecule has 1 N–H and O–H groups in total. The van der Waals surface area contributed by atoms with Crippen molar-refractivity contribution >= 4 is 38.9 Å². The van der Waals surface area contributed by atoms with Crippen molar-refractivity contribution in [1.29, 1.82) is 0 Å². The first-order chi connectivity index (χ1) is 15.7. The highest BCUT2D eigenvalue weighted by Gasteiger charge is 2.23. The molecule has 3 aromatic carbocycles. The quantitative estimate of drug-likeness (QED) is 0.501. The highest BCUT2D eigenvalue weighted by Crippen LogP contribution is 2.32. The first kappa shape index (κ1) is 24.2. The molecule has 0 saturated carbocycles. The predicted molar refractivity (Wildman–Crippen MR) is 128 cm³/mol. The van der Waals surface area contributed by atoms with E-state index in [1.54, 1.807) is 30.3 Å². The van der Waals surface area contributed by atoms with Gasteiger partial charge in [-0.25, -0.2) is 8.42 Å². The zero-order valence-electron chi connectivity index (χ0n) is 18.5. The number of amides is 1. The summed E-state index contributed by atoms with van der Waals surface area (Å²) in [5.41, 5.74) is 1.13. The van der Waals surface area contributed by atoms with Crippen molar-refractivity contribution in [3.63, 3.8) is 0 Å². The number of halogens is 1. The lowest BCUT2D eigenvalue weighted by Crippen LogP contribution is -2.26. The number of methoxy groups -OCH3 is 3. The Balaban J connectivity index is 1.82. The van der Waals surface area contributed by atoms with Crippen LogP contribution in [0.1, 0.15) is 10.4 Å². The minimum Gasteiger partial charge on any atom is -0.495 e. The maximum absolute atomic E-state index is 13.1. The van der Waals surface area contributed by atoms with Gasteiger partial charge in [-0.05, 0) is 54.6 Å². The maximum atomic E-state index is 13.1. The van der Waals surface area contributed by atoms with Crippen LogP contribution in [0, 0.1) is 0 Å². The SMILES string of the molecule is COc1ccc(Cl)cc1NC(=O)c1ccc(N(C)S(=O)(=O)c2ccc(OC)c(OC)c2)cc1. The van der Waals surface area contributed by atoms with E-state index in [1.165, 1.54) is 58.7 Å². The topological polar surface area (TPSA) is 94.2 Å². The zero-order chi connectivity index (χ0) is 24.2. The highest BCUT2D eigenvalue weighted by molar-refractivity contribution is 7.92. The van der Waals surface area contributed by atoms with Gasteiger partial charge in [-0.1, -0.05) is 11.6 Å². The molecule has 0 fully saturated rings. The summed E-state index contributed by atoms with van der Waals surface area (Å²) in [5, 5.41) is 3.19. The molecule has 0 spiro atoms. The Morgan fingerprint density at radius 3 is 2.06 bits per heavy atom. The van der Waals surface area contributed by atoms with Gasteiger partial charge < -0.3 is 19.5 Å². The van der Waals surface area contributed by atoms with Crippen molar-refractivity contribution < 1.29 is 27.4 Å². The molecule has 174 valence electrons. The first-order valence-corrected chi connectivity index (χ1v) is 11.5. The third-order valence-corrected chi connectivity index (χ3v) is 6.93. The third-order valence-electron chi connectivity index (χ3n) is 4.92. The van der Waals surface area contributed by atoms with Gasteiger partial charge in [0.2, 0.25) is 0 Å². The molecular formula is C23H23ClN2O6S. The van der Waals surface area contributed by atoms with Gasteiger partial charge in [-0.2, -0.15) is 0 Å². The lowest BCUT2D eigenvalue weighted by atomic mass is 10.2. The Morgan fingerprint density at radius 2 is 1.45 bits per heavy atom. The van der Waals surface area contributed by atoms with E-state index < -0.39 is 15.9 Å². The number of nitrogens with zero attached hydrogens (tertiary/aromatic N) is 1. The molecule has 0 aliphatic rings. The van der Waals surface area contributed by atoms with Gasteiger partial charge in [-0.3, -0.25) is 9.10 Å². The molecule has 0 radical (unpaired) electrons. The van der Waals surface area contributed by atoms with Gasteiger partial charge in [0.15, 0.2) is 11.5 Å². The van der Waals surface area contributed by atoms with Crippen LogP contribution in [-0.4, -0.2) is 42.7 Å². The van der Waals surface area contributed by atoms with E-state index in [0.717, 1.165) is 4.31 Å². The molecule has 10 heteroatoms. The molecule has 8 nitrogen and oxygen atoms in total. The number of ether oxygens (including phenoxy) is 3. The molecule has 3 rings (SSSR count). The van der Waals surface area contributed by atoms with Gasteiger partial charge >= 0.3 is 0 Å². The molecule has 1 amide bonds. The van der Waals surface area contributed by atoms with Gasteiger partial charge in [0.05, 0.1) is 37.6 Å². The number of anilines is 2. The van der Waals surface area contributed by atoms with Crippen molar-refractivity contribution in [3.8, 4) is 17.2 Å². The van der Waals surface area contributed by atoms with Crippen LogP contribution < -0.4 is 23.8 Å². The number of nitrogens with one attached hydrogen (secondary N) is 1. The summed E-state index contributed by atoms with van der Waals surface area (Å²) in [6.45, 7) is 0. The second-order valence-corrected chi connectivity index (χ2v) is 9.24. The van der Waals surface area contributed by atoms with E-state index in [0.29, 0.717) is 39.2 Å². The van der Waals surface area contributed by atoms with Crippen LogP contribution in [0.4, 0.5) is 11.4 Å². The average molecular weight is 491 g/mol. The lowest BCUT2D eigenvalue weighted by Gasteiger charge is -2.20. The van der Waals surface area contributed by atoms with Crippen LogP contribution in [0.3, 0.4) is 0 Å². The summed E-state index contributed by atoms with van der Waals surface area (Å²) in [6.07, 6.45) is 0. The van der Waals surface area contributed by atoms with Gasteiger partial charge in [-0.15, -0.1) is 0 Å². The zero-order valence-corrected chi connectivity index (χ0v) is 20.0. The molecule has 0 atom stereocenters. The average Bonchev–Trinajstić information content (AvgIpc) is 2.83. The molecule has 0 unspecified atom stereocenters. The Morgan fingerprint density at radius 1 is 0.848 bits per heavy atom. The Kier molecular flexibility index (Phi) is 7.35. The number of hydrogen-bond donors (Lipinski definition) is 1. The van der Waals surface area contributed by atoms with Crippen molar-refractivity contribution in [1.82, 2.24) is 0 Å². The van der Waals surface area contributed by atoms with E-state index in [-0.39, 0.29) is 4.90 Å². The Labute approximate surface area is 197 Å². The van der Waals surface area contributed by atoms with Crippen molar-refractivity contribution in [3.05, 3.63) is 71.2 Å². The lowest BCUT2D eigenvalue weighted by molar-refractivity contribution is 0.102. The van der Waals surface area contributed by atoms with Crippen LogP contribution in [-0.2, 0) is 10.0 Å². The standard InChI is InChI=1S/C23H23ClN2O6S/c1-26(33(28,29)18-10-12-21(31-3)22(14-18)32-4)17-8-5-15(6-9-17)23(27)25-19-13-16(24)7-11-20(19)30-2/h5-14H,1-4H3,(H,25,27). The molecule has 0 heterocycles. The van der Waals surface area contributed by atoms with E-state index in [1.807, 2.05) is 0 Å². The molecular weight excluding hydrogens is 468 g/mol. The fourth-order valence-electron chi connectivity index (χ4n) is 3.07. The van der Waals surface area contributed by atoms with Crippen LogP contribution in [0.5, 0.6) is 17.2 Å². The predicted octanol–water partition coefficient (Wildman–Crippen LogP) is 4.44. The fraction of sp³-hybridized carbons (Fsp3) is 0.174. The van der Waals surface area contributed by atoms with Crippen LogP contribution in [0.2, 0.25) is 5.02 Å². The Bertz CT molecular complexity index is 1260. The molecule has 0 saturated heterocycles. The summed E-state index contributed by atoms with van der Waals surface area (Å²) in [4.78, 5) is 12.7. The van der Waals surface area contributed by atoms with Gasteiger partial charge in [0.25, 0.3) is 15.9 Å². The summed E-state index contributed by atoms with van der Waals surface area (Å²) in [7, 11) is 1.94. The third kappa shape index (κ3) is 5.15. The minimum absolute atomic E-state index is 0.0394. The monoisotopic (exact) mass is 490 g/mol. The summed E-state index contributed by atoms with van der Waals surface area (Å²) in [5.74, 6) is 0.791. The van der Waals surface area contributed by atoms with E-state index >= 15 is 0 Å². The number of rotatable bonds is 8. The van der Waals surface area contributed by atoms with Crippen molar-refractivity contribution in [2.45, 2.75) is 4.90 Å². The second-order valence-electron chi connectivity index (χ2n) is 6.83. The van der Waals surface area contributed by atoms with Crippen LogP contribution in [0.25, 0.3) is 0 Å². The summed E-state index contributed by atoms with van der Waals surface area (Å²) >= 11 is 6.00. The molecule has 0 bridgehead atoms. The largest absolute Gasteiger partial charge is 0.495 e. The Hall–Kier alpha value is -3.43. The molecule has 33 heavy (non-hydrogen) atoms. The normalized spacial score (nSPS) is 10.9. The van der Waals surface area contributed by atoms with E-state index in [4.69, 9.17) is 25.8 Å². The number of sulfonamides is 1. The van der Waals surface area contributed by atoms with Gasteiger partial charge in [0, 0.05) is 23.7 Å². The highest BCUT2D eigenvalue weighted by atomic mass is 35.5. The molecule has 0 aromatic heterocycles. The number of carbonyl (C=O) groups excluding carboxylic acids is 1. The van der Waals surface area contributed by atoms with E-state index in [9.17, 15) is 13.2 Å². The molecule has 3 aromatic rings. The minimum atomic E-state index is -3.88. The number of benzene rings is 3. The molecule has 0 aliphatic heterocycles. The second kappa shape index (κ2) is 10.0. The van der Waals surface area contributed by atoms with Crippen LogP contribution in [0.15, 0.2) is 65.6 Å². The van der Waals surface area contributed by atoms with Gasteiger partial charge in [0.1, 0.15) is 5.75 Å². The first-order valence-electron chi connectivity index (χ1n) is 9.67. The summed E-state index contributed by atoms with van der Waals surface area (Å²) < 4.78 is 42.9. The summed E-state index contributed by atoms with van der Waals surface area (Å²) in [6, 6.07) is 15.4. The van der Waals surface area contributed by atoms with Crippen molar-refractivity contribution in [2.24, 2.45) is 0 Å². The fourth-order valence-corrected chi connectivity index (χ4v) is 4.45. The van der Waals surface area contributed by atoms with Crippen LogP contribution >= 0.6 is 11.6 Å². The number of hydrogen-bond acceptors (Lipinski definition) is 6. The maximum Gasteiger partial charge on any atom is 0.264 e. The number of carbonyl (C=O) groups is 1.